The fraction of sp³-hybridized carbons (Fsp3) is 0.412. The van der Waals surface area contributed by atoms with Crippen LogP contribution in [0.15, 0.2) is 39.4 Å². The molecule has 0 unspecified atom stereocenters. The zero-order chi connectivity index (χ0) is 15.2. The van der Waals surface area contributed by atoms with Crippen LogP contribution in [0.1, 0.15) is 12.8 Å². The standard InChI is InChI=1S/C17H18N4O2/c1-2-4-15-13(3-1)14(11-22-15)16-18-19-17(23-16)21-10-9-20-7-5-12(21)6-8-20/h1-4,11-12H,5-10H2. The molecule has 6 heteroatoms. The average Bonchev–Trinajstić information content (AvgIpc) is 3.13. The van der Waals surface area contributed by atoms with Gasteiger partial charge in [0.2, 0.25) is 0 Å². The van der Waals surface area contributed by atoms with Crippen LogP contribution in [0, 0.1) is 0 Å². The highest BCUT2D eigenvalue weighted by atomic mass is 16.4. The van der Waals surface area contributed by atoms with E-state index in [0.29, 0.717) is 17.9 Å². The molecule has 6 rings (SSSR count). The summed E-state index contributed by atoms with van der Waals surface area (Å²) in [7, 11) is 0. The van der Waals surface area contributed by atoms with Crippen molar-refractivity contribution in [3.8, 4) is 11.5 Å². The molecular weight excluding hydrogens is 292 g/mol. The van der Waals surface area contributed by atoms with Gasteiger partial charge in [-0.25, -0.2) is 0 Å². The van der Waals surface area contributed by atoms with Gasteiger partial charge in [0.25, 0.3) is 5.89 Å². The normalized spacial score (nSPS) is 24.3. The van der Waals surface area contributed by atoms with E-state index < -0.39 is 0 Å². The van der Waals surface area contributed by atoms with E-state index in [1.165, 1.54) is 25.9 Å². The Bertz CT molecular complexity index is 832. The molecule has 118 valence electrons. The first-order chi connectivity index (χ1) is 11.4. The molecule has 23 heavy (non-hydrogen) atoms. The molecule has 0 aliphatic carbocycles. The van der Waals surface area contributed by atoms with E-state index in [1.807, 2.05) is 24.3 Å². The molecule has 6 nitrogen and oxygen atoms in total. The highest BCUT2D eigenvalue weighted by Crippen LogP contribution is 2.32. The van der Waals surface area contributed by atoms with Crippen molar-refractivity contribution < 1.29 is 8.83 Å². The molecule has 2 bridgehead atoms. The number of rotatable bonds is 2. The number of nitrogens with zero attached hydrogens (tertiary/aromatic N) is 4. The number of aromatic nitrogens is 2. The average molecular weight is 310 g/mol. The van der Waals surface area contributed by atoms with Crippen LogP contribution in [0.3, 0.4) is 0 Å². The first-order valence-electron chi connectivity index (χ1n) is 8.17. The summed E-state index contributed by atoms with van der Waals surface area (Å²) in [4.78, 5) is 4.79. The number of fused-ring (bicyclic) bond motifs is 5. The number of para-hydroxylation sites is 1. The van der Waals surface area contributed by atoms with Gasteiger partial charge < -0.3 is 18.6 Å². The number of hydrogen-bond donors (Lipinski definition) is 0. The second-order valence-corrected chi connectivity index (χ2v) is 6.30. The van der Waals surface area contributed by atoms with Crippen molar-refractivity contribution in [2.24, 2.45) is 0 Å². The first-order valence-corrected chi connectivity index (χ1v) is 8.17. The Balaban J connectivity index is 1.50. The van der Waals surface area contributed by atoms with Gasteiger partial charge in [-0.1, -0.05) is 23.3 Å². The topological polar surface area (TPSA) is 58.5 Å². The molecule has 0 saturated carbocycles. The van der Waals surface area contributed by atoms with Crippen molar-refractivity contribution >= 4 is 17.0 Å². The van der Waals surface area contributed by atoms with E-state index >= 15 is 0 Å². The summed E-state index contributed by atoms with van der Waals surface area (Å²) < 4.78 is 11.6. The van der Waals surface area contributed by atoms with Crippen LogP contribution >= 0.6 is 0 Å². The largest absolute Gasteiger partial charge is 0.463 e. The molecule has 0 radical (unpaired) electrons. The molecule has 3 aliphatic rings. The van der Waals surface area contributed by atoms with Gasteiger partial charge in [-0.15, -0.1) is 5.10 Å². The monoisotopic (exact) mass is 310 g/mol. The van der Waals surface area contributed by atoms with Gasteiger partial charge in [0.15, 0.2) is 0 Å². The van der Waals surface area contributed by atoms with Gasteiger partial charge in [0.05, 0.1) is 5.56 Å². The molecule has 3 fully saturated rings. The molecule has 2 aromatic heterocycles. The fourth-order valence-corrected chi connectivity index (χ4v) is 3.72. The lowest BCUT2D eigenvalue weighted by molar-refractivity contribution is 0.249. The van der Waals surface area contributed by atoms with Gasteiger partial charge in [0, 0.05) is 37.6 Å². The molecule has 1 aromatic carbocycles. The van der Waals surface area contributed by atoms with Crippen LogP contribution < -0.4 is 4.90 Å². The SMILES string of the molecule is c1ccc2c(-c3nnc(N4CCN5CCC4CC5)o3)coc2c1. The summed E-state index contributed by atoms with van der Waals surface area (Å²) >= 11 is 0. The van der Waals surface area contributed by atoms with Crippen molar-refractivity contribution in [2.75, 3.05) is 31.1 Å². The summed E-state index contributed by atoms with van der Waals surface area (Å²) in [5.74, 6) is 0.532. The molecule has 0 spiro atoms. The minimum Gasteiger partial charge on any atom is -0.463 e. The zero-order valence-electron chi connectivity index (χ0n) is 12.8. The molecule has 5 heterocycles. The lowest BCUT2D eigenvalue weighted by Gasteiger charge is -2.29. The Kier molecular flexibility index (Phi) is 2.91. The molecule has 0 atom stereocenters. The predicted molar refractivity (Wildman–Crippen MR) is 86.3 cm³/mol. The number of benzene rings is 1. The maximum absolute atomic E-state index is 6.01. The Labute approximate surface area is 133 Å². The third kappa shape index (κ3) is 2.13. The maximum atomic E-state index is 6.01. The van der Waals surface area contributed by atoms with E-state index in [0.717, 1.165) is 29.6 Å². The third-order valence-electron chi connectivity index (χ3n) is 5.03. The predicted octanol–water partition coefficient (Wildman–Crippen LogP) is 2.77. The molecule has 3 saturated heterocycles. The molecule has 3 aromatic rings. The van der Waals surface area contributed by atoms with Gasteiger partial charge >= 0.3 is 6.01 Å². The second kappa shape index (κ2) is 5.09. The maximum Gasteiger partial charge on any atom is 0.318 e. The van der Waals surface area contributed by atoms with Gasteiger partial charge in [-0.3, -0.25) is 0 Å². The Hall–Kier alpha value is -2.34. The molecule has 3 aliphatic heterocycles. The van der Waals surface area contributed by atoms with E-state index in [4.69, 9.17) is 8.83 Å². The van der Waals surface area contributed by atoms with E-state index in [-0.39, 0.29) is 0 Å². The van der Waals surface area contributed by atoms with Crippen LogP contribution in [-0.4, -0.2) is 47.3 Å². The van der Waals surface area contributed by atoms with Crippen LogP contribution in [0.5, 0.6) is 0 Å². The minimum absolute atomic E-state index is 0.517. The highest BCUT2D eigenvalue weighted by Gasteiger charge is 2.32. The van der Waals surface area contributed by atoms with Crippen molar-refractivity contribution in [2.45, 2.75) is 18.9 Å². The lowest BCUT2D eigenvalue weighted by Crippen LogP contribution is -2.38. The summed E-state index contributed by atoms with van der Waals surface area (Å²) in [6.07, 6.45) is 4.04. The summed E-state index contributed by atoms with van der Waals surface area (Å²) in [5, 5.41) is 9.58. The number of hydrogen-bond acceptors (Lipinski definition) is 6. The second-order valence-electron chi connectivity index (χ2n) is 6.30. The molecule has 0 amide bonds. The van der Waals surface area contributed by atoms with E-state index in [1.54, 1.807) is 6.26 Å². The van der Waals surface area contributed by atoms with Crippen LogP contribution in [0.4, 0.5) is 6.01 Å². The lowest BCUT2D eigenvalue weighted by atomic mass is 10.1. The van der Waals surface area contributed by atoms with Crippen molar-refractivity contribution in [3.63, 3.8) is 0 Å². The Morgan fingerprint density at radius 2 is 1.87 bits per heavy atom. The smallest absolute Gasteiger partial charge is 0.318 e. The Morgan fingerprint density at radius 1 is 1.00 bits per heavy atom. The fourth-order valence-electron chi connectivity index (χ4n) is 3.72. The van der Waals surface area contributed by atoms with Crippen molar-refractivity contribution in [1.82, 2.24) is 15.1 Å². The molecule has 0 N–H and O–H groups in total. The van der Waals surface area contributed by atoms with Crippen molar-refractivity contribution in [1.29, 1.82) is 0 Å². The van der Waals surface area contributed by atoms with E-state index in [2.05, 4.69) is 20.0 Å². The summed E-state index contributed by atoms with van der Waals surface area (Å²) in [6.45, 7) is 4.38. The zero-order valence-corrected chi connectivity index (χ0v) is 12.8. The van der Waals surface area contributed by atoms with E-state index in [9.17, 15) is 0 Å². The van der Waals surface area contributed by atoms with Crippen LogP contribution in [0.2, 0.25) is 0 Å². The van der Waals surface area contributed by atoms with Crippen LogP contribution in [-0.2, 0) is 0 Å². The summed E-state index contributed by atoms with van der Waals surface area (Å²) in [5.41, 5.74) is 1.70. The molecular formula is C17H18N4O2. The Morgan fingerprint density at radius 3 is 2.78 bits per heavy atom. The van der Waals surface area contributed by atoms with Crippen LogP contribution in [0.25, 0.3) is 22.4 Å². The minimum atomic E-state index is 0.517. The van der Waals surface area contributed by atoms with Gasteiger partial charge in [-0.05, 0) is 18.9 Å². The van der Waals surface area contributed by atoms with Gasteiger partial charge in [-0.2, -0.15) is 0 Å². The third-order valence-corrected chi connectivity index (χ3v) is 5.03. The number of furan rings is 1. The summed E-state index contributed by atoms with van der Waals surface area (Å²) in [6, 6.07) is 9.05. The number of anilines is 1. The number of piperidine rings is 1. The quantitative estimate of drug-likeness (QED) is 0.725. The van der Waals surface area contributed by atoms with Crippen molar-refractivity contribution in [3.05, 3.63) is 30.5 Å². The highest BCUT2D eigenvalue weighted by molar-refractivity contribution is 5.91. The van der Waals surface area contributed by atoms with Gasteiger partial charge in [0.1, 0.15) is 11.8 Å². The first kappa shape index (κ1) is 13.1.